The highest BCUT2D eigenvalue weighted by Gasteiger charge is 2.57. The lowest BCUT2D eigenvalue weighted by molar-refractivity contribution is -0.236. The summed E-state index contributed by atoms with van der Waals surface area (Å²) in [6.07, 6.45) is -10.5. The molecule has 0 aromatic heterocycles. The van der Waals surface area contributed by atoms with E-state index in [0.717, 1.165) is 6.92 Å². The number of aliphatic carboxylic acids is 1. The number of carbonyl (C=O) groups excluding carboxylic acids is 3. The van der Waals surface area contributed by atoms with Crippen LogP contribution in [0.1, 0.15) is 87.5 Å². The van der Waals surface area contributed by atoms with E-state index in [1.54, 1.807) is 72.7 Å². The van der Waals surface area contributed by atoms with Crippen molar-refractivity contribution in [1.29, 1.82) is 0 Å². The quantitative estimate of drug-likeness (QED) is 0.165. The van der Waals surface area contributed by atoms with Crippen molar-refractivity contribution in [3.63, 3.8) is 0 Å². The average molecular weight is 746 g/mol. The second-order valence-electron chi connectivity index (χ2n) is 15.2. The number of nitrogens with one attached hydrogen (secondary N) is 3. The molecule has 4 rings (SSSR count). The molecule has 1 unspecified atom stereocenters. The van der Waals surface area contributed by atoms with Crippen molar-refractivity contribution in [2.75, 3.05) is 11.9 Å². The maximum atomic E-state index is 13.1. The largest absolute Gasteiger partial charge is 0.507 e. The molecule has 0 radical (unpaired) electrons. The van der Waals surface area contributed by atoms with Gasteiger partial charge in [-0.15, -0.1) is 0 Å². The normalized spacial score (nSPS) is 26.6. The highest BCUT2D eigenvalue weighted by Crippen LogP contribution is 2.45. The smallest absolute Gasteiger partial charge is 0.412 e. The van der Waals surface area contributed by atoms with Gasteiger partial charge in [-0.2, -0.15) is 0 Å². The second-order valence-corrected chi connectivity index (χ2v) is 15.2. The fourth-order valence-electron chi connectivity index (χ4n) is 6.65. The summed E-state index contributed by atoms with van der Waals surface area (Å²) in [5.74, 6) is -3.93. The zero-order valence-electron chi connectivity index (χ0n) is 31.1. The van der Waals surface area contributed by atoms with Gasteiger partial charge >= 0.3 is 12.1 Å². The van der Waals surface area contributed by atoms with Gasteiger partial charge in [-0.1, -0.05) is 12.1 Å². The van der Waals surface area contributed by atoms with Crippen molar-refractivity contribution in [2.45, 2.75) is 128 Å². The number of carboxylic acid groups (broad SMARTS) is 1. The van der Waals surface area contributed by atoms with Crippen LogP contribution in [0.3, 0.4) is 0 Å². The molecule has 2 aromatic rings. The first-order valence-corrected chi connectivity index (χ1v) is 17.3. The van der Waals surface area contributed by atoms with Crippen molar-refractivity contribution < 1.29 is 63.7 Å². The highest BCUT2D eigenvalue weighted by molar-refractivity contribution is 5.95. The minimum Gasteiger partial charge on any atom is -0.507 e. The maximum Gasteiger partial charge on any atom is 0.412 e. The molecule has 2 aliphatic rings. The summed E-state index contributed by atoms with van der Waals surface area (Å²) in [6.45, 7) is 12.3. The number of aliphatic hydroxyl groups excluding tert-OH is 3. The van der Waals surface area contributed by atoms with E-state index in [9.17, 15) is 44.7 Å². The number of carbonyl (C=O) groups is 4. The van der Waals surface area contributed by atoms with Gasteiger partial charge in [0.25, 0.3) is 5.91 Å². The van der Waals surface area contributed by atoms with E-state index in [1.807, 2.05) is 0 Å². The van der Waals surface area contributed by atoms with Crippen molar-refractivity contribution in [2.24, 2.45) is 0 Å². The Labute approximate surface area is 307 Å². The van der Waals surface area contributed by atoms with Crippen molar-refractivity contribution >= 4 is 29.6 Å². The molecule has 8 atom stereocenters. The van der Waals surface area contributed by atoms with Crippen LogP contribution in [0.15, 0.2) is 36.4 Å². The first kappa shape index (κ1) is 41.4. The topological polar surface area (TPSA) is 242 Å². The number of hydrogen-bond donors (Lipinski definition) is 8. The Kier molecular flexibility index (Phi) is 12.5. The standard InChI is InChI=1S/C37H51N3O13/c1-18-12-22(13-19(2)28(18)44)32(46)38-17-25(43)29(45)31-27(39-20(3)41)24(42)15-37(52-31,33(47)48)16-26-30(51-36(7,8)50-26)21-10-9-11-23(14-21)40-34(49)53-35(4,5)6/h9-14,24-27,29-31,42-45H,15-17H2,1-8H3,(H,38,46)(H,39,41)(H,40,49)(H,47,48)/t24-,25+,26?,27+,29+,30+,31+,37-/m0/s1. The molecule has 2 heterocycles. The summed E-state index contributed by atoms with van der Waals surface area (Å²) < 4.78 is 23.9. The summed E-state index contributed by atoms with van der Waals surface area (Å²) in [4.78, 5) is 50.6. The molecule has 0 spiro atoms. The lowest BCUT2D eigenvalue weighted by Crippen LogP contribution is -2.68. The van der Waals surface area contributed by atoms with Gasteiger partial charge in [0, 0.05) is 37.6 Å². The fourth-order valence-corrected chi connectivity index (χ4v) is 6.65. The Morgan fingerprint density at radius 3 is 2.25 bits per heavy atom. The van der Waals surface area contributed by atoms with E-state index in [-0.39, 0.29) is 11.3 Å². The number of ether oxygens (including phenoxy) is 4. The molecule has 0 bridgehead atoms. The van der Waals surface area contributed by atoms with Crippen molar-refractivity contribution in [3.05, 3.63) is 58.7 Å². The number of aryl methyl sites for hydroxylation is 2. The number of aliphatic hydroxyl groups is 3. The van der Waals surface area contributed by atoms with Gasteiger partial charge in [0.05, 0.1) is 24.4 Å². The van der Waals surface area contributed by atoms with Gasteiger partial charge in [-0.05, 0) is 89.4 Å². The summed E-state index contributed by atoms with van der Waals surface area (Å²) in [7, 11) is 0. The Hall–Kier alpha value is -4.32. The van der Waals surface area contributed by atoms with Gasteiger partial charge in [-0.3, -0.25) is 14.9 Å². The molecule has 53 heavy (non-hydrogen) atoms. The third-order valence-corrected chi connectivity index (χ3v) is 8.96. The number of carboxylic acids is 1. The number of phenolic OH excluding ortho intramolecular Hbond substituents is 1. The lowest BCUT2D eigenvalue weighted by atomic mass is 9.79. The Balaban J connectivity index is 1.59. The molecular weight excluding hydrogens is 694 g/mol. The van der Waals surface area contributed by atoms with Crippen molar-refractivity contribution in [3.8, 4) is 5.75 Å². The van der Waals surface area contributed by atoms with Gasteiger partial charge in [0.1, 0.15) is 29.7 Å². The second kappa shape index (κ2) is 16.0. The number of amides is 3. The molecule has 3 amide bonds. The molecule has 0 aliphatic carbocycles. The molecule has 2 aliphatic heterocycles. The molecule has 292 valence electrons. The number of rotatable bonds is 11. The molecule has 2 saturated heterocycles. The number of hydrogen-bond acceptors (Lipinski definition) is 12. The van der Waals surface area contributed by atoms with Crippen LogP contribution in [-0.4, -0.2) is 110 Å². The van der Waals surface area contributed by atoms with Crippen LogP contribution in [0.4, 0.5) is 10.5 Å². The van der Waals surface area contributed by atoms with Crippen LogP contribution in [-0.2, 0) is 28.5 Å². The van der Waals surface area contributed by atoms with E-state index >= 15 is 0 Å². The summed E-state index contributed by atoms with van der Waals surface area (Å²) in [5, 5.41) is 62.2. The number of benzene rings is 2. The van der Waals surface area contributed by atoms with E-state index < -0.39 is 103 Å². The lowest BCUT2D eigenvalue weighted by Gasteiger charge is -2.48. The maximum absolute atomic E-state index is 13.1. The van der Waals surface area contributed by atoms with Gasteiger partial charge in [-0.25, -0.2) is 9.59 Å². The number of anilines is 1. The monoisotopic (exact) mass is 745 g/mol. The van der Waals surface area contributed by atoms with Gasteiger partial charge in [0.2, 0.25) is 5.91 Å². The van der Waals surface area contributed by atoms with E-state index in [2.05, 4.69) is 16.0 Å². The van der Waals surface area contributed by atoms with Crippen LogP contribution in [0.25, 0.3) is 0 Å². The summed E-state index contributed by atoms with van der Waals surface area (Å²) in [6, 6.07) is 8.18. The molecule has 0 saturated carbocycles. The minimum atomic E-state index is -2.23. The highest BCUT2D eigenvalue weighted by atomic mass is 16.8. The Bertz CT molecular complexity index is 1670. The zero-order valence-corrected chi connectivity index (χ0v) is 31.1. The van der Waals surface area contributed by atoms with E-state index in [4.69, 9.17) is 18.9 Å². The van der Waals surface area contributed by atoms with Crippen LogP contribution < -0.4 is 16.0 Å². The SMILES string of the molecule is CC(=O)N[C@H]1[C@H]([C@H](O)[C@H](O)CNC(=O)c2cc(C)c(O)c(C)c2)O[C@@](CC2OC(C)(C)O[C@@H]2c2cccc(NC(=O)OC(C)(C)C)c2)(C(=O)O)C[C@@H]1O. The first-order chi connectivity index (χ1) is 24.5. The predicted octanol–water partition coefficient (Wildman–Crippen LogP) is 2.57. The average Bonchev–Trinajstić information content (AvgIpc) is 3.34. The minimum absolute atomic E-state index is 0.0316. The molecule has 8 N–H and O–H groups in total. The van der Waals surface area contributed by atoms with Crippen LogP contribution in [0.2, 0.25) is 0 Å². The molecule has 2 fully saturated rings. The van der Waals surface area contributed by atoms with E-state index in [1.165, 1.54) is 12.1 Å². The Morgan fingerprint density at radius 2 is 1.66 bits per heavy atom. The number of aromatic hydroxyl groups is 1. The molecular formula is C37H51N3O13. The van der Waals surface area contributed by atoms with E-state index in [0.29, 0.717) is 22.4 Å². The predicted molar refractivity (Wildman–Crippen MR) is 189 cm³/mol. The summed E-state index contributed by atoms with van der Waals surface area (Å²) in [5.41, 5.74) is -0.985. The molecule has 2 aromatic carbocycles. The van der Waals surface area contributed by atoms with Gasteiger partial charge < -0.3 is 55.1 Å². The summed E-state index contributed by atoms with van der Waals surface area (Å²) >= 11 is 0. The van der Waals surface area contributed by atoms with Crippen LogP contribution in [0.5, 0.6) is 5.75 Å². The van der Waals surface area contributed by atoms with Crippen LogP contribution >= 0.6 is 0 Å². The number of phenols is 1. The first-order valence-electron chi connectivity index (χ1n) is 17.3. The van der Waals surface area contributed by atoms with Gasteiger partial charge in [0.15, 0.2) is 11.4 Å². The zero-order chi connectivity index (χ0) is 39.6. The fraction of sp³-hybridized carbons (Fsp3) is 0.568. The van der Waals surface area contributed by atoms with Crippen molar-refractivity contribution in [1.82, 2.24) is 10.6 Å². The third-order valence-electron chi connectivity index (χ3n) is 8.96. The Morgan fingerprint density at radius 1 is 1.02 bits per heavy atom. The third kappa shape index (κ3) is 10.2. The van der Waals surface area contributed by atoms with Crippen LogP contribution in [0, 0.1) is 13.8 Å². The molecule has 16 nitrogen and oxygen atoms in total. The molecule has 16 heteroatoms.